The molecule has 1 amide bonds. The number of carbonyl (C=O) groups excluding carboxylic acids is 1. The van der Waals surface area contributed by atoms with Crippen LogP contribution in [0, 0.1) is 11.8 Å². The molecule has 0 radical (unpaired) electrons. The maximum absolute atomic E-state index is 12.1. The van der Waals surface area contributed by atoms with Crippen LogP contribution in [0.25, 0.3) is 0 Å². The number of nitrogens with one attached hydrogen (secondary N) is 2. The fourth-order valence-corrected chi connectivity index (χ4v) is 2.50. The van der Waals surface area contributed by atoms with Crippen LogP contribution in [0.4, 0.5) is 0 Å². The highest BCUT2D eigenvalue weighted by molar-refractivity contribution is 5.79. The molecule has 1 aliphatic heterocycles. The normalized spacial score (nSPS) is 23.3. The molecule has 0 aromatic carbocycles. The molecule has 0 saturated carbocycles. The van der Waals surface area contributed by atoms with Crippen molar-refractivity contribution >= 4 is 5.91 Å². The third kappa shape index (κ3) is 2.72. The van der Waals surface area contributed by atoms with E-state index in [4.69, 9.17) is 0 Å². The van der Waals surface area contributed by atoms with E-state index in [-0.39, 0.29) is 11.8 Å². The van der Waals surface area contributed by atoms with Crippen LogP contribution < -0.4 is 10.6 Å². The summed E-state index contributed by atoms with van der Waals surface area (Å²) in [5, 5.41) is 10.7. The zero-order chi connectivity index (χ0) is 13.1. The lowest BCUT2D eigenvalue weighted by atomic mass is 9.97. The molecule has 0 aliphatic carbocycles. The van der Waals surface area contributed by atoms with Gasteiger partial charge >= 0.3 is 0 Å². The second kappa shape index (κ2) is 5.52. The predicted octanol–water partition coefficient (Wildman–Crippen LogP) is 0.454. The van der Waals surface area contributed by atoms with Crippen molar-refractivity contribution in [3.05, 3.63) is 17.5 Å². The largest absolute Gasteiger partial charge is 0.352 e. The van der Waals surface area contributed by atoms with Crippen molar-refractivity contribution in [2.75, 3.05) is 13.1 Å². The van der Waals surface area contributed by atoms with Crippen molar-refractivity contribution < 1.29 is 4.79 Å². The molecule has 2 heterocycles. The Bertz CT molecular complexity index is 427. The molecule has 2 N–H and O–H groups in total. The standard InChI is InChI=1S/C13H22N4O/c1-4-12-10(8-17(3)16-12)6-15-13(18)11-7-14-5-9(11)2/h8-9,11,14H,4-7H2,1-3H3,(H,15,18). The Morgan fingerprint density at radius 3 is 3.00 bits per heavy atom. The Kier molecular flexibility index (Phi) is 4.01. The first-order chi connectivity index (χ1) is 8.61. The van der Waals surface area contributed by atoms with Crippen LogP contribution >= 0.6 is 0 Å². The van der Waals surface area contributed by atoms with Crippen molar-refractivity contribution in [2.45, 2.75) is 26.8 Å². The predicted molar refractivity (Wildman–Crippen MR) is 70.0 cm³/mol. The van der Waals surface area contributed by atoms with E-state index in [1.807, 2.05) is 13.2 Å². The second-order valence-corrected chi connectivity index (χ2v) is 5.09. The molecular formula is C13H22N4O. The zero-order valence-electron chi connectivity index (χ0n) is 11.4. The Balaban J connectivity index is 1.92. The van der Waals surface area contributed by atoms with Gasteiger partial charge in [-0.1, -0.05) is 13.8 Å². The first-order valence-corrected chi connectivity index (χ1v) is 6.61. The van der Waals surface area contributed by atoms with Crippen LogP contribution in [0.15, 0.2) is 6.20 Å². The smallest absolute Gasteiger partial charge is 0.224 e. The number of hydrogen-bond donors (Lipinski definition) is 2. The highest BCUT2D eigenvalue weighted by Crippen LogP contribution is 2.16. The van der Waals surface area contributed by atoms with Gasteiger partial charge in [0, 0.05) is 31.9 Å². The monoisotopic (exact) mass is 250 g/mol. The summed E-state index contributed by atoms with van der Waals surface area (Å²) in [6, 6.07) is 0. The molecule has 1 aromatic rings. The van der Waals surface area contributed by atoms with E-state index in [0.717, 1.165) is 30.8 Å². The highest BCUT2D eigenvalue weighted by atomic mass is 16.1. The molecule has 1 fully saturated rings. The van der Waals surface area contributed by atoms with Crippen molar-refractivity contribution in [1.29, 1.82) is 0 Å². The summed E-state index contributed by atoms with van der Waals surface area (Å²) in [5.74, 6) is 0.676. The molecule has 5 nitrogen and oxygen atoms in total. The average Bonchev–Trinajstić information content (AvgIpc) is 2.92. The van der Waals surface area contributed by atoms with E-state index in [0.29, 0.717) is 12.5 Å². The van der Waals surface area contributed by atoms with Gasteiger partial charge in [0.2, 0.25) is 5.91 Å². The van der Waals surface area contributed by atoms with E-state index >= 15 is 0 Å². The van der Waals surface area contributed by atoms with Gasteiger partial charge in [0.25, 0.3) is 0 Å². The molecule has 1 aliphatic rings. The Hall–Kier alpha value is -1.36. The van der Waals surface area contributed by atoms with Gasteiger partial charge in [0.1, 0.15) is 0 Å². The highest BCUT2D eigenvalue weighted by Gasteiger charge is 2.29. The minimum absolute atomic E-state index is 0.103. The van der Waals surface area contributed by atoms with Crippen molar-refractivity contribution in [2.24, 2.45) is 18.9 Å². The lowest BCUT2D eigenvalue weighted by Crippen LogP contribution is -2.34. The summed E-state index contributed by atoms with van der Waals surface area (Å²) < 4.78 is 1.81. The minimum Gasteiger partial charge on any atom is -0.352 e. The molecule has 0 bridgehead atoms. The molecule has 2 rings (SSSR count). The number of carbonyl (C=O) groups is 1. The van der Waals surface area contributed by atoms with Crippen molar-refractivity contribution in [3.63, 3.8) is 0 Å². The first-order valence-electron chi connectivity index (χ1n) is 6.61. The fraction of sp³-hybridized carbons (Fsp3) is 0.692. The summed E-state index contributed by atoms with van der Waals surface area (Å²) >= 11 is 0. The van der Waals surface area contributed by atoms with Crippen LogP contribution in [-0.4, -0.2) is 28.8 Å². The topological polar surface area (TPSA) is 59.0 Å². The number of aryl methyl sites for hydroxylation is 2. The molecule has 100 valence electrons. The minimum atomic E-state index is 0.103. The second-order valence-electron chi connectivity index (χ2n) is 5.09. The van der Waals surface area contributed by atoms with Gasteiger partial charge in [0.15, 0.2) is 0 Å². The van der Waals surface area contributed by atoms with Gasteiger partial charge in [-0.25, -0.2) is 0 Å². The number of rotatable bonds is 4. The van der Waals surface area contributed by atoms with Crippen LogP contribution in [0.3, 0.4) is 0 Å². The van der Waals surface area contributed by atoms with Gasteiger partial charge in [-0.05, 0) is 18.9 Å². The molecule has 1 aromatic heterocycles. The van der Waals surface area contributed by atoms with E-state index < -0.39 is 0 Å². The van der Waals surface area contributed by atoms with Crippen molar-refractivity contribution in [3.8, 4) is 0 Å². The average molecular weight is 250 g/mol. The van der Waals surface area contributed by atoms with E-state index in [9.17, 15) is 4.79 Å². The summed E-state index contributed by atoms with van der Waals surface area (Å²) in [6.07, 6.45) is 2.88. The number of nitrogens with zero attached hydrogens (tertiary/aromatic N) is 2. The third-order valence-electron chi connectivity index (χ3n) is 3.63. The van der Waals surface area contributed by atoms with Gasteiger partial charge in [-0.2, -0.15) is 5.10 Å². The first kappa shape index (κ1) is 13.1. The van der Waals surface area contributed by atoms with Gasteiger partial charge < -0.3 is 10.6 Å². The van der Waals surface area contributed by atoms with Gasteiger partial charge in [-0.15, -0.1) is 0 Å². The summed E-state index contributed by atoms with van der Waals surface area (Å²) in [6.45, 7) is 6.51. The maximum atomic E-state index is 12.1. The molecule has 2 unspecified atom stereocenters. The summed E-state index contributed by atoms with van der Waals surface area (Å²) in [4.78, 5) is 12.1. The lowest BCUT2D eigenvalue weighted by molar-refractivity contribution is -0.125. The van der Waals surface area contributed by atoms with Crippen LogP contribution in [0.2, 0.25) is 0 Å². The fourth-order valence-electron chi connectivity index (χ4n) is 2.50. The van der Waals surface area contributed by atoms with E-state index in [1.54, 1.807) is 4.68 Å². The SMILES string of the molecule is CCc1nn(C)cc1CNC(=O)C1CNCC1C. The van der Waals surface area contributed by atoms with Gasteiger partial charge in [0.05, 0.1) is 11.6 Å². The van der Waals surface area contributed by atoms with Crippen LogP contribution in [0.1, 0.15) is 25.1 Å². The Morgan fingerprint density at radius 1 is 1.61 bits per heavy atom. The third-order valence-corrected chi connectivity index (χ3v) is 3.63. The van der Waals surface area contributed by atoms with Crippen LogP contribution in [-0.2, 0) is 24.8 Å². The Labute approximate surface area is 108 Å². The molecular weight excluding hydrogens is 228 g/mol. The van der Waals surface area contributed by atoms with E-state index in [1.165, 1.54) is 0 Å². The number of amides is 1. The molecule has 0 spiro atoms. The molecule has 5 heteroatoms. The summed E-state index contributed by atoms with van der Waals surface area (Å²) in [7, 11) is 1.91. The van der Waals surface area contributed by atoms with E-state index in [2.05, 4.69) is 29.6 Å². The summed E-state index contributed by atoms with van der Waals surface area (Å²) in [5.41, 5.74) is 2.18. The quantitative estimate of drug-likeness (QED) is 0.816. The van der Waals surface area contributed by atoms with Crippen molar-refractivity contribution in [1.82, 2.24) is 20.4 Å². The molecule has 18 heavy (non-hydrogen) atoms. The van der Waals surface area contributed by atoms with Gasteiger partial charge in [-0.3, -0.25) is 9.48 Å². The Morgan fingerprint density at radius 2 is 2.39 bits per heavy atom. The van der Waals surface area contributed by atoms with Crippen LogP contribution in [0.5, 0.6) is 0 Å². The number of aromatic nitrogens is 2. The molecule has 1 saturated heterocycles. The molecule has 2 atom stereocenters. The number of hydrogen-bond acceptors (Lipinski definition) is 3. The zero-order valence-corrected chi connectivity index (χ0v) is 11.4. The maximum Gasteiger partial charge on any atom is 0.224 e. The lowest BCUT2D eigenvalue weighted by Gasteiger charge is -2.13.